The van der Waals surface area contributed by atoms with Gasteiger partial charge in [-0.3, -0.25) is 4.68 Å². The third-order valence-electron chi connectivity index (χ3n) is 5.07. The first kappa shape index (κ1) is 20.7. The zero-order valence-electron chi connectivity index (χ0n) is 15.4. The Morgan fingerprint density at radius 3 is 2.56 bits per heavy atom. The molecule has 1 aromatic heterocycles. The molecule has 27 heavy (non-hydrogen) atoms. The summed E-state index contributed by atoms with van der Waals surface area (Å²) in [6, 6.07) is 10.4. The zero-order valence-corrected chi connectivity index (χ0v) is 18.4. The smallest absolute Gasteiger partial charge is 0.329 e. The number of hydrogen-bond donors (Lipinski definition) is 1. The number of carboxylic acid groups (broad SMARTS) is 1. The molecule has 1 saturated carbocycles. The Hall–Kier alpha value is -1.06. The van der Waals surface area contributed by atoms with Crippen LogP contribution in [0.25, 0.3) is 11.3 Å². The van der Waals surface area contributed by atoms with Crippen LogP contribution in [0, 0.1) is 15.4 Å². The predicted octanol–water partition coefficient (Wildman–Crippen LogP) is 4.78. The molecule has 1 aliphatic rings. The monoisotopic (exact) mass is 500 g/mol. The van der Waals surface area contributed by atoms with Crippen LogP contribution in [0.1, 0.15) is 25.7 Å². The SMILES string of the molecule is CSc1c(I)c(-c2ccccc2)nn1C[C@H]1CC[C@H](COCC(=O)O)CC1. The second-order valence-corrected chi connectivity index (χ2v) is 8.89. The van der Waals surface area contributed by atoms with Crippen LogP contribution in [0.4, 0.5) is 0 Å². The second kappa shape index (κ2) is 9.93. The number of aromatic nitrogens is 2. The van der Waals surface area contributed by atoms with Crippen LogP contribution in [0.15, 0.2) is 35.4 Å². The van der Waals surface area contributed by atoms with E-state index in [4.69, 9.17) is 14.9 Å². The van der Waals surface area contributed by atoms with Crippen molar-refractivity contribution in [1.82, 2.24) is 9.78 Å². The molecule has 7 heteroatoms. The molecular formula is C20H25IN2O3S. The minimum Gasteiger partial charge on any atom is -0.480 e. The molecule has 0 saturated heterocycles. The molecule has 3 rings (SSSR count). The van der Waals surface area contributed by atoms with Crippen LogP contribution in [0.2, 0.25) is 0 Å². The maximum Gasteiger partial charge on any atom is 0.329 e. The van der Waals surface area contributed by atoms with Crippen molar-refractivity contribution >= 4 is 40.3 Å². The highest BCUT2D eigenvalue weighted by Crippen LogP contribution is 2.35. The fourth-order valence-electron chi connectivity index (χ4n) is 3.66. The molecule has 2 aromatic rings. The summed E-state index contributed by atoms with van der Waals surface area (Å²) in [5.74, 6) is 0.208. The summed E-state index contributed by atoms with van der Waals surface area (Å²) in [5.41, 5.74) is 2.23. The van der Waals surface area contributed by atoms with E-state index in [2.05, 4.69) is 57.8 Å². The van der Waals surface area contributed by atoms with Gasteiger partial charge in [0.05, 0.1) is 10.2 Å². The number of carboxylic acids is 1. The molecule has 5 nitrogen and oxygen atoms in total. The molecule has 146 valence electrons. The Labute approximate surface area is 178 Å². The molecule has 1 heterocycles. The summed E-state index contributed by atoms with van der Waals surface area (Å²) >= 11 is 4.17. The summed E-state index contributed by atoms with van der Waals surface area (Å²) in [5, 5.41) is 14.8. The molecule has 0 amide bonds. The van der Waals surface area contributed by atoms with E-state index in [0.29, 0.717) is 18.4 Å². The summed E-state index contributed by atoms with van der Waals surface area (Å²) < 4.78 is 8.68. The number of aliphatic carboxylic acids is 1. The molecule has 0 aliphatic heterocycles. The molecule has 1 aromatic carbocycles. The molecular weight excluding hydrogens is 475 g/mol. The highest BCUT2D eigenvalue weighted by molar-refractivity contribution is 14.1. The van der Waals surface area contributed by atoms with Gasteiger partial charge in [0.2, 0.25) is 0 Å². The van der Waals surface area contributed by atoms with E-state index in [1.807, 2.05) is 6.07 Å². The second-order valence-electron chi connectivity index (χ2n) is 7.02. The fourth-order valence-corrected chi connectivity index (χ4v) is 5.62. The number of halogens is 1. The van der Waals surface area contributed by atoms with Crippen LogP contribution >= 0.6 is 34.4 Å². The average Bonchev–Trinajstić information content (AvgIpc) is 2.99. The van der Waals surface area contributed by atoms with Crippen molar-refractivity contribution in [3.63, 3.8) is 0 Å². The summed E-state index contributed by atoms with van der Waals surface area (Å²) in [6.07, 6.45) is 6.60. The number of rotatable bonds is 8. The van der Waals surface area contributed by atoms with E-state index >= 15 is 0 Å². The van der Waals surface area contributed by atoms with E-state index in [-0.39, 0.29) is 6.61 Å². The van der Waals surface area contributed by atoms with Crippen molar-refractivity contribution in [1.29, 1.82) is 0 Å². The highest BCUT2D eigenvalue weighted by atomic mass is 127. The van der Waals surface area contributed by atoms with Crippen molar-refractivity contribution in [2.24, 2.45) is 11.8 Å². The third kappa shape index (κ3) is 5.48. The molecule has 0 atom stereocenters. The number of nitrogens with zero attached hydrogens (tertiary/aromatic N) is 2. The summed E-state index contributed by atoms with van der Waals surface area (Å²) in [7, 11) is 0. The van der Waals surface area contributed by atoms with Crippen molar-refractivity contribution in [3.05, 3.63) is 33.9 Å². The molecule has 0 unspecified atom stereocenters. The normalized spacial score (nSPS) is 19.9. The maximum absolute atomic E-state index is 10.6. The summed E-state index contributed by atoms with van der Waals surface area (Å²) in [6.45, 7) is 1.32. The molecule has 0 bridgehead atoms. The quantitative estimate of drug-likeness (QED) is 0.418. The van der Waals surface area contributed by atoms with E-state index in [9.17, 15) is 4.79 Å². The van der Waals surface area contributed by atoms with E-state index in [0.717, 1.165) is 43.5 Å². The van der Waals surface area contributed by atoms with Crippen molar-refractivity contribution in [2.45, 2.75) is 37.3 Å². The van der Waals surface area contributed by atoms with Gasteiger partial charge in [0.1, 0.15) is 17.3 Å². The van der Waals surface area contributed by atoms with Crippen molar-refractivity contribution in [2.75, 3.05) is 19.5 Å². The van der Waals surface area contributed by atoms with Crippen LogP contribution in [0.5, 0.6) is 0 Å². The Morgan fingerprint density at radius 2 is 1.93 bits per heavy atom. The number of hydrogen-bond acceptors (Lipinski definition) is 4. The zero-order chi connectivity index (χ0) is 19.2. The molecule has 1 aliphatic carbocycles. The van der Waals surface area contributed by atoms with Gasteiger partial charge in [-0.25, -0.2) is 4.79 Å². The van der Waals surface area contributed by atoms with Crippen LogP contribution < -0.4 is 0 Å². The molecule has 1 N–H and O–H groups in total. The van der Waals surface area contributed by atoms with Gasteiger partial charge in [0, 0.05) is 12.1 Å². The number of benzene rings is 1. The average molecular weight is 500 g/mol. The fraction of sp³-hybridized carbons (Fsp3) is 0.500. The minimum absolute atomic E-state index is 0.189. The Kier molecular flexibility index (Phi) is 7.60. The molecule has 0 spiro atoms. The Morgan fingerprint density at radius 1 is 1.26 bits per heavy atom. The highest BCUT2D eigenvalue weighted by Gasteiger charge is 2.24. The predicted molar refractivity (Wildman–Crippen MR) is 116 cm³/mol. The van der Waals surface area contributed by atoms with Gasteiger partial charge < -0.3 is 9.84 Å². The van der Waals surface area contributed by atoms with Gasteiger partial charge in [-0.2, -0.15) is 5.10 Å². The van der Waals surface area contributed by atoms with Crippen LogP contribution in [-0.4, -0.2) is 40.3 Å². The standard InChI is InChI=1S/C20H25IN2O3S/c1-27-20-18(21)19(16-5-3-2-4-6-16)22-23(20)11-14-7-9-15(10-8-14)12-26-13-17(24)25/h2-6,14-15H,7-13H2,1H3,(H,24,25)/t14-,15-. The van der Waals surface area contributed by atoms with E-state index in [1.165, 1.54) is 8.60 Å². The topological polar surface area (TPSA) is 64.4 Å². The third-order valence-corrected chi connectivity index (χ3v) is 7.26. The lowest BCUT2D eigenvalue weighted by Crippen LogP contribution is -2.23. The van der Waals surface area contributed by atoms with Gasteiger partial charge in [0.25, 0.3) is 0 Å². The van der Waals surface area contributed by atoms with Gasteiger partial charge in [-0.05, 0) is 66.4 Å². The first-order valence-electron chi connectivity index (χ1n) is 9.23. The lowest BCUT2D eigenvalue weighted by Gasteiger charge is -2.28. The largest absolute Gasteiger partial charge is 0.480 e. The number of carbonyl (C=O) groups is 1. The molecule has 1 fully saturated rings. The van der Waals surface area contributed by atoms with E-state index < -0.39 is 5.97 Å². The number of ether oxygens (including phenoxy) is 1. The lowest BCUT2D eigenvalue weighted by molar-refractivity contribution is -0.142. The van der Waals surface area contributed by atoms with E-state index in [1.54, 1.807) is 11.8 Å². The van der Waals surface area contributed by atoms with Crippen LogP contribution in [0.3, 0.4) is 0 Å². The molecule has 0 radical (unpaired) electrons. The Balaban J connectivity index is 1.61. The van der Waals surface area contributed by atoms with Crippen LogP contribution in [-0.2, 0) is 16.1 Å². The first-order chi connectivity index (χ1) is 13.1. The lowest BCUT2D eigenvalue weighted by atomic mass is 9.82. The van der Waals surface area contributed by atoms with Gasteiger partial charge in [-0.1, -0.05) is 30.3 Å². The maximum atomic E-state index is 10.6. The first-order valence-corrected chi connectivity index (χ1v) is 11.5. The van der Waals surface area contributed by atoms with Crippen molar-refractivity contribution in [3.8, 4) is 11.3 Å². The Bertz CT molecular complexity index is 758. The van der Waals surface area contributed by atoms with Crippen molar-refractivity contribution < 1.29 is 14.6 Å². The van der Waals surface area contributed by atoms with Gasteiger partial charge >= 0.3 is 5.97 Å². The number of thioether (sulfide) groups is 1. The summed E-state index contributed by atoms with van der Waals surface area (Å²) in [4.78, 5) is 10.6. The minimum atomic E-state index is -0.893. The van der Waals surface area contributed by atoms with Gasteiger partial charge in [-0.15, -0.1) is 11.8 Å². The van der Waals surface area contributed by atoms with Gasteiger partial charge in [0.15, 0.2) is 0 Å².